The summed E-state index contributed by atoms with van der Waals surface area (Å²) in [5.41, 5.74) is 7.52. The highest BCUT2D eigenvalue weighted by Gasteiger charge is 2.10. The van der Waals surface area contributed by atoms with Crippen molar-refractivity contribution in [1.82, 2.24) is 0 Å². The SMILES string of the molecule is CC(C#N)CN(C)c1ccc(N)cc1C#N. The first-order valence-corrected chi connectivity index (χ1v) is 4.99. The second kappa shape index (κ2) is 5.04. The summed E-state index contributed by atoms with van der Waals surface area (Å²) in [6, 6.07) is 9.47. The minimum absolute atomic E-state index is 0.0749. The molecule has 0 saturated carbocycles. The largest absolute Gasteiger partial charge is 0.399 e. The van der Waals surface area contributed by atoms with Crippen LogP contribution < -0.4 is 10.6 Å². The molecule has 0 aliphatic heterocycles. The maximum absolute atomic E-state index is 8.99. The average molecular weight is 214 g/mol. The van der Waals surface area contributed by atoms with Gasteiger partial charge < -0.3 is 10.6 Å². The van der Waals surface area contributed by atoms with Crippen LogP contribution in [0.5, 0.6) is 0 Å². The number of rotatable bonds is 3. The molecule has 0 radical (unpaired) electrons. The molecule has 82 valence electrons. The third-order valence-corrected chi connectivity index (χ3v) is 2.32. The van der Waals surface area contributed by atoms with Crippen LogP contribution in [0, 0.1) is 28.6 Å². The fourth-order valence-corrected chi connectivity index (χ4v) is 1.53. The molecule has 1 rings (SSSR count). The van der Waals surface area contributed by atoms with Gasteiger partial charge >= 0.3 is 0 Å². The molecule has 1 atom stereocenters. The first kappa shape index (κ1) is 11.9. The highest BCUT2D eigenvalue weighted by atomic mass is 15.1. The molecule has 4 nitrogen and oxygen atoms in total. The zero-order valence-corrected chi connectivity index (χ0v) is 9.44. The molecule has 1 unspecified atom stereocenters. The van der Waals surface area contributed by atoms with Gasteiger partial charge in [0.1, 0.15) is 6.07 Å². The van der Waals surface area contributed by atoms with Crippen molar-refractivity contribution in [1.29, 1.82) is 10.5 Å². The van der Waals surface area contributed by atoms with E-state index in [0.717, 1.165) is 5.69 Å². The summed E-state index contributed by atoms with van der Waals surface area (Å²) in [4.78, 5) is 1.89. The summed E-state index contributed by atoms with van der Waals surface area (Å²) in [5.74, 6) is -0.0749. The fourth-order valence-electron chi connectivity index (χ4n) is 1.53. The monoisotopic (exact) mass is 214 g/mol. The average Bonchev–Trinajstić information content (AvgIpc) is 2.28. The molecule has 0 saturated heterocycles. The summed E-state index contributed by atoms with van der Waals surface area (Å²) in [6.07, 6.45) is 0. The molecule has 0 aliphatic carbocycles. The van der Waals surface area contributed by atoms with Crippen molar-refractivity contribution >= 4 is 11.4 Å². The lowest BCUT2D eigenvalue weighted by molar-refractivity contribution is 0.716. The van der Waals surface area contributed by atoms with Gasteiger partial charge in [0.15, 0.2) is 0 Å². The van der Waals surface area contributed by atoms with Crippen molar-refractivity contribution in [2.24, 2.45) is 5.92 Å². The van der Waals surface area contributed by atoms with Crippen LogP contribution in [-0.2, 0) is 0 Å². The Morgan fingerprint density at radius 3 is 2.69 bits per heavy atom. The number of nitrogens with two attached hydrogens (primary N) is 1. The topological polar surface area (TPSA) is 76.8 Å². The van der Waals surface area contributed by atoms with Gasteiger partial charge in [0.25, 0.3) is 0 Å². The highest BCUT2D eigenvalue weighted by Crippen LogP contribution is 2.22. The van der Waals surface area contributed by atoms with E-state index in [9.17, 15) is 0 Å². The minimum Gasteiger partial charge on any atom is -0.399 e. The zero-order chi connectivity index (χ0) is 12.1. The first-order valence-electron chi connectivity index (χ1n) is 4.99. The van der Waals surface area contributed by atoms with Crippen molar-refractivity contribution in [3.05, 3.63) is 23.8 Å². The van der Waals surface area contributed by atoms with E-state index in [1.54, 1.807) is 18.2 Å². The van der Waals surface area contributed by atoms with Gasteiger partial charge in [-0.1, -0.05) is 0 Å². The van der Waals surface area contributed by atoms with Gasteiger partial charge in [-0.05, 0) is 25.1 Å². The van der Waals surface area contributed by atoms with Crippen LogP contribution in [0.2, 0.25) is 0 Å². The zero-order valence-electron chi connectivity index (χ0n) is 9.44. The van der Waals surface area contributed by atoms with E-state index < -0.39 is 0 Å². The maximum atomic E-state index is 8.99. The first-order chi connectivity index (χ1) is 7.58. The van der Waals surface area contributed by atoms with Gasteiger partial charge in [-0.3, -0.25) is 0 Å². The lowest BCUT2D eigenvalue weighted by Crippen LogP contribution is -2.24. The maximum Gasteiger partial charge on any atom is 0.101 e. The van der Waals surface area contributed by atoms with Crippen LogP contribution in [0.1, 0.15) is 12.5 Å². The van der Waals surface area contributed by atoms with E-state index in [0.29, 0.717) is 17.8 Å². The number of nitrogen functional groups attached to an aromatic ring is 1. The summed E-state index contributed by atoms with van der Waals surface area (Å²) >= 11 is 0. The molecule has 4 heteroatoms. The van der Waals surface area contributed by atoms with Crippen LogP contribution in [0.3, 0.4) is 0 Å². The summed E-state index contributed by atoms with van der Waals surface area (Å²) in [7, 11) is 1.86. The van der Waals surface area contributed by atoms with Gasteiger partial charge in [0, 0.05) is 19.3 Å². The number of hydrogen-bond donors (Lipinski definition) is 1. The smallest absolute Gasteiger partial charge is 0.101 e. The Kier molecular flexibility index (Phi) is 3.74. The van der Waals surface area contributed by atoms with Crippen molar-refractivity contribution in [2.45, 2.75) is 6.92 Å². The molecule has 0 amide bonds. The highest BCUT2D eigenvalue weighted by molar-refractivity contribution is 5.64. The summed E-state index contributed by atoms with van der Waals surface area (Å²) in [5, 5.41) is 17.7. The van der Waals surface area contributed by atoms with Crippen molar-refractivity contribution in [2.75, 3.05) is 24.2 Å². The molecule has 2 N–H and O–H groups in total. The lowest BCUT2D eigenvalue weighted by Gasteiger charge is -2.21. The van der Waals surface area contributed by atoms with E-state index in [1.807, 2.05) is 18.9 Å². The Balaban J connectivity index is 2.96. The quantitative estimate of drug-likeness (QED) is 0.777. The molecule has 0 aromatic heterocycles. The molecule has 1 aromatic rings. The van der Waals surface area contributed by atoms with Crippen LogP contribution in [0.4, 0.5) is 11.4 Å². The number of hydrogen-bond acceptors (Lipinski definition) is 4. The Bertz CT molecular complexity index is 453. The molecule has 0 fully saturated rings. The molecule has 0 heterocycles. The van der Waals surface area contributed by atoms with Crippen molar-refractivity contribution in [3.8, 4) is 12.1 Å². The number of benzene rings is 1. The molecule has 16 heavy (non-hydrogen) atoms. The van der Waals surface area contributed by atoms with Crippen LogP contribution in [-0.4, -0.2) is 13.6 Å². The third-order valence-electron chi connectivity index (χ3n) is 2.32. The molecule has 0 spiro atoms. The molecule has 1 aromatic carbocycles. The Hall–Kier alpha value is -2.20. The van der Waals surface area contributed by atoms with Gasteiger partial charge in [0.05, 0.1) is 23.2 Å². The summed E-state index contributed by atoms with van der Waals surface area (Å²) < 4.78 is 0. The minimum atomic E-state index is -0.0749. The van der Waals surface area contributed by atoms with E-state index in [-0.39, 0.29) is 5.92 Å². The van der Waals surface area contributed by atoms with E-state index in [4.69, 9.17) is 16.3 Å². The summed E-state index contributed by atoms with van der Waals surface area (Å²) in [6.45, 7) is 2.44. The fraction of sp³-hybridized carbons (Fsp3) is 0.333. The van der Waals surface area contributed by atoms with E-state index in [2.05, 4.69) is 12.1 Å². The Morgan fingerprint density at radius 1 is 1.44 bits per heavy atom. The van der Waals surface area contributed by atoms with Gasteiger partial charge in [-0.15, -0.1) is 0 Å². The number of nitriles is 2. The predicted molar refractivity (Wildman–Crippen MR) is 63.6 cm³/mol. The molecule has 0 aliphatic rings. The van der Waals surface area contributed by atoms with Crippen LogP contribution >= 0.6 is 0 Å². The number of nitrogens with zero attached hydrogens (tertiary/aromatic N) is 3. The predicted octanol–water partition coefficient (Wildman–Crippen LogP) is 1.74. The number of anilines is 2. The van der Waals surface area contributed by atoms with Gasteiger partial charge in [-0.25, -0.2) is 0 Å². The van der Waals surface area contributed by atoms with Crippen molar-refractivity contribution < 1.29 is 0 Å². The Morgan fingerprint density at radius 2 is 2.12 bits per heavy atom. The standard InChI is InChI=1S/C12H14N4/c1-9(6-13)8-16(2)12-4-3-11(15)5-10(12)7-14/h3-5,9H,8,15H2,1-2H3. The molecule has 0 bridgehead atoms. The van der Waals surface area contributed by atoms with Crippen LogP contribution in [0.15, 0.2) is 18.2 Å². The second-order valence-electron chi connectivity index (χ2n) is 3.80. The van der Waals surface area contributed by atoms with Crippen LogP contribution in [0.25, 0.3) is 0 Å². The second-order valence-corrected chi connectivity index (χ2v) is 3.80. The lowest BCUT2D eigenvalue weighted by atomic mass is 10.1. The van der Waals surface area contributed by atoms with E-state index >= 15 is 0 Å². The van der Waals surface area contributed by atoms with E-state index in [1.165, 1.54) is 0 Å². The third kappa shape index (κ3) is 2.65. The Labute approximate surface area is 95.5 Å². The van der Waals surface area contributed by atoms with Gasteiger partial charge in [0.2, 0.25) is 0 Å². The molecular weight excluding hydrogens is 200 g/mol. The molecular formula is C12H14N4. The van der Waals surface area contributed by atoms with Gasteiger partial charge in [-0.2, -0.15) is 10.5 Å². The van der Waals surface area contributed by atoms with Crippen molar-refractivity contribution in [3.63, 3.8) is 0 Å². The normalized spacial score (nSPS) is 11.2.